The summed E-state index contributed by atoms with van der Waals surface area (Å²) in [6.45, 7) is 0. The third-order valence-corrected chi connectivity index (χ3v) is 0. The van der Waals surface area contributed by atoms with E-state index in [1.807, 2.05) is 0 Å². The molecule has 0 heterocycles. The SMILES string of the molecule is O=S(=O)(O)O.[Ca+2].[Cl-].[Cl-].[H-].[Na+]. The Morgan fingerprint density at radius 2 is 1.11 bits per heavy atom. The summed E-state index contributed by atoms with van der Waals surface area (Å²) in [5.74, 6) is 0. The van der Waals surface area contributed by atoms with Crippen LogP contribution in [0.5, 0.6) is 0 Å². The van der Waals surface area contributed by atoms with Gasteiger partial charge < -0.3 is 26.2 Å². The summed E-state index contributed by atoms with van der Waals surface area (Å²) in [6.07, 6.45) is 0. The molecule has 0 aromatic heterocycles. The van der Waals surface area contributed by atoms with E-state index in [1.165, 1.54) is 0 Å². The van der Waals surface area contributed by atoms with E-state index in [0.717, 1.165) is 0 Å². The van der Waals surface area contributed by atoms with Crippen LogP contribution in [0.2, 0.25) is 0 Å². The molecule has 0 aliphatic heterocycles. The van der Waals surface area contributed by atoms with Gasteiger partial charge in [0.1, 0.15) is 0 Å². The summed E-state index contributed by atoms with van der Waals surface area (Å²) in [7, 11) is -4.67. The minimum atomic E-state index is -4.67. The van der Waals surface area contributed by atoms with Crippen molar-refractivity contribution in [1.82, 2.24) is 0 Å². The van der Waals surface area contributed by atoms with Crippen molar-refractivity contribution in [2.75, 3.05) is 0 Å². The molecule has 0 saturated heterocycles. The Bertz CT molecular complexity index is 106. The predicted octanol–water partition coefficient (Wildman–Crippen LogP) is -9.91. The van der Waals surface area contributed by atoms with E-state index in [1.54, 1.807) is 0 Å². The van der Waals surface area contributed by atoms with Crippen molar-refractivity contribution in [3.63, 3.8) is 0 Å². The Balaban J connectivity index is -0.00000000800. The van der Waals surface area contributed by atoms with Gasteiger partial charge in [-0.25, -0.2) is 0 Å². The van der Waals surface area contributed by atoms with E-state index < -0.39 is 10.4 Å². The van der Waals surface area contributed by atoms with Gasteiger partial charge in [-0.3, -0.25) is 9.11 Å². The second-order valence-corrected chi connectivity index (χ2v) is 1.34. The Hall–Kier alpha value is 2.71. The monoisotopic (exact) mass is 232 g/mol. The first-order valence-electron chi connectivity index (χ1n) is 0.698. The minimum Gasteiger partial charge on any atom is -1.00 e. The molecule has 0 aliphatic carbocycles. The third kappa shape index (κ3) is 111. The summed E-state index contributed by atoms with van der Waals surface area (Å²) in [4.78, 5) is 0. The van der Waals surface area contributed by atoms with Crippen LogP contribution in [-0.4, -0.2) is 55.3 Å². The fraction of sp³-hybridized carbons (Fsp3) is 0. The van der Waals surface area contributed by atoms with Gasteiger partial charge in [-0.2, -0.15) is 8.42 Å². The minimum absolute atomic E-state index is 0. The van der Waals surface area contributed by atoms with Crippen LogP contribution < -0.4 is 54.4 Å². The van der Waals surface area contributed by atoms with Crippen LogP contribution in [0.4, 0.5) is 0 Å². The molecule has 0 saturated carbocycles. The summed E-state index contributed by atoms with van der Waals surface area (Å²) >= 11 is 0. The van der Waals surface area contributed by atoms with Gasteiger partial charge >= 0.3 is 77.7 Å². The number of hydrogen-bond donors (Lipinski definition) is 2. The molecule has 0 amide bonds. The average molecular weight is 233 g/mol. The van der Waals surface area contributed by atoms with Crippen LogP contribution in [0.1, 0.15) is 1.43 Å². The van der Waals surface area contributed by atoms with E-state index in [-0.39, 0.29) is 93.5 Å². The molecule has 0 radical (unpaired) electrons. The fourth-order valence-corrected chi connectivity index (χ4v) is 0. The second-order valence-electron chi connectivity index (χ2n) is 0.448. The Morgan fingerprint density at radius 3 is 1.11 bits per heavy atom. The molecule has 0 atom stereocenters. The average Bonchev–Trinajstić information content (AvgIpc) is 0.722. The summed E-state index contributed by atoms with van der Waals surface area (Å²) in [5.41, 5.74) is 0. The summed E-state index contributed by atoms with van der Waals surface area (Å²) in [5, 5.41) is 0. The van der Waals surface area contributed by atoms with E-state index in [0.29, 0.717) is 0 Å². The van der Waals surface area contributed by atoms with Crippen LogP contribution in [0, 0.1) is 0 Å². The first-order chi connectivity index (χ1) is 2.00. The van der Waals surface area contributed by atoms with Crippen molar-refractivity contribution in [2.24, 2.45) is 0 Å². The van der Waals surface area contributed by atoms with Crippen molar-refractivity contribution >= 4 is 48.1 Å². The van der Waals surface area contributed by atoms with E-state index in [4.69, 9.17) is 17.5 Å². The van der Waals surface area contributed by atoms with Crippen LogP contribution in [-0.2, 0) is 10.4 Å². The maximum Gasteiger partial charge on any atom is 2.00 e. The van der Waals surface area contributed by atoms with Gasteiger partial charge in [0.25, 0.3) is 0 Å². The van der Waals surface area contributed by atoms with Gasteiger partial charge in [-0.1, -0.05) is 0 Å². The summed E-state index contributed by atoms with van der Waals surface area (Å²) in [6, 6.07) is 0. The molecule has 0 rings (SSSR count). The fourth-order valence-electron chi connectivity index (χ4n) is 0. The van der Waals surface area contributed by atoms with Gasteiger partial charge in [0, 0.05) is 0 Å². The largest absolute Gasteiger partial charge is 2.00 e. The van der Waals surface area contributed by atoms with Crippen molar-refractivity contribution in [1.29, 1.82) is 0 Å². The van der Waals surface area contributed by atoms with Crippen LogP contribution in [0.15, 0.2) is 0 Å². The zero-order valence-electron chi connectivity index (χ0n) is 5.58. The molecule has 0 fully saturated rings. The maximum atomic E-state index is 8.74. The molecule has 0 aromatic carbocycles. The third-order valence-electron chi connectivity index (χ3n) is 0. The second kappa shape index (κ2) is 13.3. The van der Waals surface area contributed by atoms with Crippen molar-refractivity contribution in [3.05, 3.63) is 0 Å². The van der Waals surface area contributed by atoms with Crippen LogP contribution >= 0.6 is 0 Å². The zero-order valence-corrected chi connectivity index (χ0v) is 11.1. The molecule has 0 aliphatic rings. The quantitative estimate of drug-likeness (QED) is 0.322. The van der Waals surface area contributed by atoms with E-state index in [9.17, 15) is 0 Å². The maximum absolute atomic E-state index is 8.74. The Labute approximate surface area is 119 Å². The van der Waals surface area contributed by atoms with E-state index >= 15 is 0 Å². The molecule has 0 bridgehead atoms. The van der Waals surface area contributed by atoms with Gasteiger partial charge in [-0.05, 0) is 0 Å². The van der Waals surface area contributed by atoms with Gasteiger partial charge in [0.2, 0.25) is 0 Å². The zero-order chi connectivity index (χ0) is 4.50. The van der Waals surface area contributed by atoms with Gasteiger partial charge in [0.05, 0.1) is 0 Å². The number of hydrogen-bond acceptors (Lipinski definition) is 2. The molecule has 4 nitrogen and oxygen atoms in total. The normalized spacial score (nSPS) is 6.44. The van der Waals surface area contributed by atoms with Crippen LogP contribution in [0.3, 0.4) is 0 Å². The Morgan fingerprint density at radius 1 is 1.11 bits per heavy atom. The number of halogens is 2. The smallest absolute Gasteiger partial charge is 1.00 e. The standard InChI is InChI=1S/Ca.2ClH.Na.H2O4S.H/c;;;;1-5(2,3)4;/h;2*1H;;(H2,1,2,3,4);/q+2;;;+1;;-1/p-2. The Kier molecular flexibility index (Phi) is 44.1. The van der Waals surface area contributed by atoms with Crippen molar-refractivity contribution < 1.29 is 73.3 Å². The first-order valence-corrected chi connectivity index (χ1v) is 2.10. The topological polar surface area (TPSA) is 74.6 Å². The van der Waals surface area contributed by atoms with E-state index in [2.05, 4.69) is 0 Å². The molecule has 9 heavy (non-hydrogen) atoms. The molecule has 2 N–H and O–H groups in total. The van der Waals surface area contributed by atoms with Crippen molar-refractivity contribution in [2.45, 2.75) is 0 Å². The molecule has 9 heteroatoms. The molecular weight excluding hydrogens is 230 g/mol. The van der Waals surface area contributed by atoms with Crippen LogP contribution in [0.25, 0.3) is 0 Å². The summed E-state index contributed by atoms with van der Waals surface area (Å²) < 4.78 is 31.6. The van der Waals surface area contributed by atoms with Gasteiger partial charge in [-0.15, -0.1) is 0 Å². The number of rotatable bonds is 0. The first kappa shape index (κ1) is 29.8. The van der Waals surface area contributed by atoms with Crippen molar-refractivity contribution in [3.8, 4) is 0 Å². The molecule has 0 aromatic rings. The molecule has 0 spiro atoms. The van der Waals surface area contributed by atoms with Gasteiger partial charge in [0.15, 0.2) is 0 Å². The molecular formula is H3CaCl2NaO4S. The predicted molar refractivity (Wildman–Crippen MR) is 21.0 cm³/mol. The molecule has 50 valence electrons. The molecule has 0 unspecified atom stereocenters.